The minimum Gasteiger partial charge on any atom is -0.377 e. The van der Waals surface area contributed by atoms with Crippen molar-refractivity contribution in [1.29, 1.82) is 0 Å². The van der Waals surface area contributed by atoms with Gasteiger partial charge in [0.2, 0.25) is 10.0 Å². The van der Waals surface area contributed by atoms with Crippen molar-refractivity contribution in [1.82, 2.24) is 4.72 Å². The lowest BCUT2D eigenvalue weighted by atomic mass is 10.1. The van der Waals surface area contributed by atoms with E-state index in [0.29, 0.717) is 19.7 Å². The molecule has 1 atom stereocenters. The smallest absolute Gasteiger partial charge is 0.214 e. The SMILES string of the molecule is Cl.NCCNS(=O)(=O)CC1CCCCO1. The minimum atomic E-state index is -3.20. The van der Waals surface area contributed by atoms with E-state index in [1.54, 1.807) is 0 Å². The van der Waals surface area contributed by atoms with Gasteiger partial charge < -0.3 is 10.5 Å². The monoisotopic (exact) mass is 258 g/mol. The molecule has 1 aliphatic rings. The van der Waals surface area contributed by atoms with Gasteiger partial charge in [0.1, 0.15) is 0 Å². The van der Waals surface area contributed by atoms with E-state index in [9.17, 15) is 8.42 Å². The first-order valence-electron chi connectivity index (χ1n) is 4.93. The fraction of sp³-hybridized carbons (Fsp3) is 1.00. The summed E-state index contributed by atoms with van der Waals surface area (Å²) in [7, 11) is -3.20. The van der Waals surface area contributed by atoms with Crippen molar-refractivity contribution in [3.05, 3.63) is 0 Å². The van der Waals surface area contributed by atoms with Gasteiger partial charge in [-0.1, -0.05) is 0 Å². The predicted octanol–water partition coefficient (Wildman–Crippen LogP) is -0.145. The number of nitrogens with one attached hydrogen (secondary N) is 1. The van der Waals surface area contributed by atoms with E-state index in [4.69, 9.17) is 10.5 Å². The van der Waals surface area contributed by atoms with Crippen LogP contribution in [0.3, 0.4) is 0 Å². The molecule has 92 valence electrons. The second kappa shape index (κ2) is 7.40. The molecule has 0 aromatic heterocycles. The Balaban J connectivity index is 0.00000196. The number of sulfonamides is 1. The predicted molar refractivity (Wildman–Crippen MR) is 61.7 cm³/mol. The highest BCUT2D eigenvalue weighted by atomic mass is 35.5. The van der Waals surface area contributed by atoms with Crippen molar-refractivity contribution in [2.45, 2.75) is 25.4 Å². The first kappa shape index (κ1) is 15.1. The van der Waals surface area contributed by atoms with Crippen LogP contribution >= 0.6 is 12.4 Å². The molecule has 3 N–H and O–H groups in total. The lowest BCUT2D eigenvalue weighted by molar-refractivity contribution is 0.0304. The Morgan fingerprint density at radius 2 is 2.13 bits per heavy atom. The summed E-state index contributed by atoms with van der Waals surface area (Å²) in [5.74, 6) is 0.0625. The topological polar surface area (TPSA) is 81.4 Å². The second-order valence-electron chi connectivity index (χ2n) is 3.45. The van der Waals surface area contributed by atoms with Crippen LogP contribution in [0, 0.1) is 0 Å². The van der Waals surface area contributed by atoms with Crippen molar-refractivity contribution in [2.75, 3.05) is 25.4 Å². The van der Waals surface area contributed by atoms with E-state index in [-0.39, 0.29) is 24.3 Å². The van der Waals surface area contributed by atoms with Crippen molar-refractivity contribution < 1.29 is 13.2 Å². The fourth-order valence-electron chi connectivity index (χ4n) is 1.46. The maximum atomic E-state index is 11.4. The standard InChI is InChI=1S/C8H18N2O3S.ClH/c9-4-5-10-14(11,12)7-8-3-1-2-6-13-8;/h8,10H,1-7,9H2;1H. The lowest BCUT2D eigenvalue weighted by Gasteiger charge is -2.22. The van der Waals surface area contributed by atoms with Gasteiger partial charge in [0.15, 0.2) is 0 Å². The molecule has 1 fully saturated rings. The summed E-state index contributed by atoms with van der Waals surface area (Å²) in [4.78, 5) is 0. The number of hydrogen-bond donors (Lipinski definition) is 2. The first-order chi connectivity index (χ1) is 6.64. The summed E-state index contributed by atoms with van der Waals surface area (Å²) >= 11 is 0. The Morgan fingerprint density at radius 1 is 1.40 bits per heavy atom. The van der Waals surface area contributed by atoms with E-state index in [1.807, 2.05) is 0 Å². The Morgan fingerprint density at radius 3 is 2.67 bits per heavy atom. The van der Waals surface area contributed by atoms with Gasteiger partial charge in [0.25, 0.3) is 0 Å². The van der Waals surface area contributed by atoms with Crippen LogP contribution in [0.25, 0.3) is 0 Å². The molecule has 1 unspecified atom stereocenters. The molecule has 0 aromatic carbocycles. The molecule has 0 spiro atoms. The molecule has 15 heavy (non-hydrogen) atoms. The molecule has 0 aromatic rings. The zero-order valence-electron chi connectivity index (χ0n) is 8.65. The molecule has 0 saturated carbocycles. The molecular formula is C8H19ClN2O3S. The van der Waals surface area contributed by atoms with Gasteiger partial charge >= 0.3 is 0 Å². The van der Waals surface area contributed by atoms with E-state index in [1.165, 1.54) is 0 Å². The van der Waals surface area contributed by atoms with Crippen molar-refractivity contribution in [3.8, 4) is 0 Å². The van der Waals surface area contributed by atoms with Crippen molar-refractivity contribution in [3.63, 3.8) is 0 Å². The number of rotatable bonds is 5. The molecule has 0 amide bonds. The van der Waals surface area contributed by atoms with Gasteiger partial charge in [-0.3, -0.25) is 0 Å². The highest BCUT2D eigenvalue weighted by molar-refractivity contribution is 7.89. The Bertz CT molecular complexity index is 253. The first-order valence-corrected chi connectivity index (χ1v) is 6.58. The molecule has 1 rings (SSSR count). The van der Waals surface area contributed by atoms with Gasteiger partial charge in [-0.2, -0.15) is 0 Å². The Labute approximate surface area is 97.2 Å². The summed E-state index contributed by atoms with van der Waals surface area (Å²) in [6, 6.07) is 0. The van der Waals surface area contributed by atoms with Gasteiger partial charge in [0.05, 0.1) is 11.9 Å². The average Bonchev–Trinajstić information content (AvgIpc) is 2.16. The third kappa shape index (κ3) is 6.32. The highest BCUT2D eigenvalue weighted by Gasteiger charge is 2.21. The van der Waals surface area contributed by atoms with Gasteiger partial charge in [0, 0.05) is 19.7 Å². The molecule has 7 heteroatoms. The van der Waals surface area contributed by atoms with Gasteiger partial charge in [-0.05, 0) is 19.3 Å². The van der Waals surface area contributed by atoms with Gasteiger partial charge in [-0.25, -0.2) is 13.1 Å². The summed E-state index contributed by atoms with van der Waals surface area (Å²) in [6.07, 6.45) is 2.78. The second-order valence-corrected chi connectivity index (χ2v) is 5.30. The van der Waals surface area contributed by atoms with Crippen LogP contribution in [0.15, 0.2) is 0 Å². The molecule has 0 aliphatic carbocycles. The van der Waals surface area contributed by atoms with Crippen LogP contribution in [0.4, 0.5) is 0 Å². The maximum absolute atomic E-state index is 11.4. The molecule has 0 radical (unpaired) electrons. The zero-order valence-corrected chi connectivity index (χ0v) is 10.3. The van der Waals surface area contributed by atoms with E-state index in [0.717, 1.165) is 19.3 Å². The third-order valence-corrected chi connectivity index (χ3v) is 3.60. The molecular weight excluding hydrogens is 240 g/mol. The summed E-state index contributed by atoms with van der Waals surface area (Å²) < 4.78 is 30.6. The van der Waals surface area contributed by atoms with E-state index < -0.39 is 10.0 Å². The van der Waals surface area contributed by atoms with Crippen molar-refractivity contribution >= 4 is 22.4 Å². The van der Waals surface area contributed by atoms with Crippen LogP contribution in [0.2, 0.25) is 0 Å². The summed E-state index contributed by atoms with van der Waals surface area (Å²) in [6.45, 7) is 1.30. The largest absolute Gasteiger partial charge is 0.377 e. The normalized spacial score (nSPS) is 22.1. The van der Waals surface area contributed by atoms with Crippen LogP contribution in [0.5, 0.6) is 0 Å². The molecule has 1 saturated heterocycles. The number of hydrogen-bond acceptors (Lipinski definition) is 4. The molecule has 1 heterocycles. The van der Waals surface area contributed by atoms with Crippen LogP contribution in [-0.2, 0) is 14.8 Å². The summed E-state index contributed by atoms with van der Waals surface area (Å²) in [5, 5.41) is 0. The van der Waals surface area contributed by atoms with Crippen molar-refractivity contribution in [2.24, 2.45) is 5.73 Å². The average molecular weight is 259 g/mol. The van der Waals surface area contributed by atoms with Crippen LogP contribution in [0.1, 0.15) is 19.3 Å². The third-order valence-electron chi connectivity index (χ3n) is 2.15. The quantitative estimate of drug-likeness (QED) is 0.719. The highest BCUT2D eigenvalue weighted by Crippen LogP contribution is 2.13. The lowest BCUT2D eigenvalue weighted by Crippen LogP contribution is -2.37. The fourth-order valence-corrected chi connectivity index (χ4v) is 2.76. The Hall–Kier alpha value is 0.120. The zero-order chi connectivity index (χ0) is 10.4. The van der Waals surface area contributed by atoms with E-state index in [2.05, 4.69) is 4.72 Å². The number of halogens is 1. The number of nitrogens with two attached hydrogens (primary N) is 1. The summed E-state index contributed by atoms with van der Waals surface area (Å²) in [5.41, 5.74) is 5.21. The van der Waals surface area contributed by atoms with Crippen LogP contribution < -0.4 is 10.5 Å². The Kier molecular flexibility index (Phi) is 7.46. The van der Waals surface area contributed by atoms with Crippen LogP contribution in [-0.4, -0.2) is 40.0 Å². The molecule has 0 bridgehead atoms. The molecule has 5 nitrogen and oxygen atoms in total. The van der Waals surface area contributed by atoms with Gasteiger partial charge in [-0.15, -0.1) is 12.4 Å². The van der Waals surface area contributed by atoms with E-state index >= 15 is 0 Å². The minimum absolute atomic E-state index is 0. The molecule has 1 aliphatic heterocycles. The maximum Gasteiger partial charge on any atom is 0.214 e. The number of ether oxygens (including phenoxy) is 1.